The Morgan fingerprint density at radius 2 is 1.96 bits per heavy atom. The van der Waals surface area contributed by atoms with E-state index in [-0.39, 0.29) is 17.6 Å². The van der Waals surface area contributed by atoms with E-state index in [1.54, 1.807) is 0 Å². The Balaban J connectivity index is 1.65. The maximum atomic E-state index is 14.3. The number of benzene rings is 1. The van der Waals surface area contributed by atoms with Crippen LogP contribution in [-0.2, 0) is 0 Å². The van der Waals surface area contributed by atoms with Crippen molar-refractivity contribution in [3.05, 3.63) is 46.8 Å². The lowest BCUT2D eigenvalue weighted by Crippen LogP contribution is -2.27. The van der Waals surface area contributed by atoms with E-state index in [2.05, 4.69) is 10.4 Å². The van der Waals surface area contributed by atoms with Crippen LogP contribution < -0.4 is 5.32 Å². The largest absolute Gasteiger partial charge is 0.348 e. The minimum atomic E-state index is -0.655. The molecule has 2 saturated carbocycles. The summed E-state index contributed by atoms with van der Waals surface area (Å²) in [4.78, 5) is 12.6. The standard InChI is InChI=1S/C18H17F2N3O/c19-11-3-6-14(13(20)8-11)23-17-10-2-1-9(7-10)15(17)16(22-23)18(24)21-12-4-5-12/h3,6,8-10,12H,1-2,4-5,7H2,(H,21,24). The second-order valence-electron chi connectivity index (χ2n) is 7.11. The third kappa shape index (κ3) is 2.01. The Kier molecular flexibility index (Phi) is 2.87. The summed E-state index contributed by atoms with van der Waals surface area (Å²) in [5.74, 6) is -0.792. The molecule has 2 fully saturated rings. The molecule has 3 aliphatic rings. The molecule has 1 aromatic carbocycles. The third-order valence-corrected chi connectivity index (χ3v) is 5.45. The van der Waals surface area contributed by atoms with Crippen molar-refractivity contribution >= 4 is 5.91 Å². The fourth-order valence-electron chi connectivity index (χ4n) is 4.22. The molecule has 5 rings (SSSR count). The quantitative estimate of drug-likeness (QED) is 0.938. The van der Waals surface area contributed by atoms with Gasteiger partial charge in [-0.3, -0.25) is 4.79 Å². The first-order valence-electron chi connectivity index (χ1n) is 8.51. The van der Waals surface area contributed by atoms with E-state index in [4.69, 9.17) is 0 Å². The highest BCUT2D eigenvalue weighted by molar-refractivity contribution is 5.95. The number of fused-ring (bicyclic) bond motifs is 5. The molecule has 0 aliphatic heterocycles. The topological polar surface area (TPSA) is 46.9 Å². The van der Waals surface area contributed by atoms with Crippen molar-refractivity contribution in [3.63, 3.8) is 0 Å². The monoisotopic (exact) mass is 329 g/mol. The van der Waals surface area contributed by atoms with Crippen molar-refractivity contribution in [3.8, 4) is 5.69 Å². The maximum absolute atomic E-state index is 14.3. The number of aromatic nitrogens is 2. The van der Waals surface area contributed by atoms with Crippen LogP contribution in [-0.4, -0.2) is 21.7 Å². The van der Waals surface area contributed by atoms with Crippen LogP contribution in [0.15, 0.2) is 18.2 Å². The number of carbonyl (C=O) groups is 1. The lowest BCUT2D eigenvalue weighted by molar-refractivity contribution is 0.0944. The molecule has 2 atom stereocenters. The minimum absolute atomic E-state index is 0.164. The van der Waals surface area contributed by atoms with Gasteiger partial charge in [-0.25, -0.2) is 13.5 Å². The smallest absolute Gasteiger partial charge is 0.272 e. The van der Waals surface area contributed by atoms with Crippen molar-refractivity contribution in [2.24, 2.45) is 0 Å². The van der Waals surface area contributed by atoms with Gasteiger partial charge in [0.15, 0.2) is 11.5 Å². The van der Waals surface area contributed by atoms with Gasteiger partial charge in [0.25, 0.3) is 5.91 Å². The molecule has 24 heavy (non-hydrogen) atoms. The fraction of sp³-hybridized carbons (Fsp3) is 0.444. The van der Waals surface area contributed by atoms with Crippen LogP contribution in [0.25, 0.3) is 5.69 Å². The van der Waals surface area contributed by atoms with Gasteiger partial charge in [-0.1, -0.05) is 0 Å². The number of hydrogen-bond acceptors (Lipinski definition) is 2. The predicted octanol–water partition coefficient (Wildman–Crippen LogP) is 3.41. The predicted molar refractivity (Wildman–Crippen MR) is 83.3 cm³/mol. The van der Waals surface area contributed by atoms with Gasteiger partial charge in [0.05, 0.1) is 5.69 Å². The van der Waals surface area contributed by atoms with Crippen LogP contribution in [0.5, 0.6) is 0 Å². The second-order valence-corrected chi connectivity index (χ2v) is 7.11. The molecule has 124 valence electrons. The molecule has 2 unspecified atom stereocenters. The number of nitrogens with zero attached hydrogens (tertiary/aromatic N) is 2. The van der Waals surface area contributed by atoms with Crippen LogP contribution in [0.3, 0.4) is 0 Å². The van der Waals surface area contributed by atoms with Gasteiger partial charge in [-0.15, -0.1) is 0 Å². The van der Waals surface area contributed by atoms with Gasteiger partial charge in [-0.05, 0) is 50.2 Å². The van der Waals surface area contributed by atoms with E-state index >= 15 is 0 Å². The summed E-state index contributed by atoms with van der Waals surface area (Å²) in [5, 5.41) is 7.44. The highest BCUT2D eigenvalue weighted by Gasteiger charge is 2.44. The number of hydrogen-bond donors (Lipinski definition) is 1. The average molecular weight is 329 g/mol. The average Bonchev–Trinajstić information content (AvgIpc) is 2.99. The first kappa shape index (κ1) is 14.1. The first-order chi connectivity index (χ1) is 11.6. The molecular formula is C18H17F2N3O. The zero-order valence-corrected chi connectivity index (χ0v) is 13.1. The molecule has 6 heteroatoms. The molecule has 2 aromatic rings. The molecular weight excluding hydrogens is 312 g/mol. The Morgan fingerprint density at radius 1 is 1.17 bits per heavy atom. The third-order valence-electron chi connectivity index (χ3n) is 5.45. The highest BCUT2D eigenvalue weighted by Crippen LogP contribution is 2.54. The number of amides is 1. The van der Waals surface area contributed by atoms with Crippen LogP contribution in [0, 0.1) is 11.6 Å². The number of halogens is 2. The molecule has 1 N–H and O–H groups in total. The second kappa shape index (κ2) is 4.88. The molecule has 0 spiro atoms. The van der Waals surface area contributed by atoms with Gasteiger partial charge in [0, 0.05) is 23.6 Å². The Hall–Kier alpha value is -2.24. The Morgan fingerprint density at radius 3 is 2.71 bits per heavy atom. The van der Waals surface area contributed by atoms with Crippen molar-refractivity contribution in [2.75, 3.05) is 0 Å². The Bertz CT molecular complexity index is 856. The summed E-state index contributed by atoms with van der Waals surface area (Å²) in [6.07, 6.45) is 5.11. The van der Waals surface area contributed by atoms with E-state index in [1.165, 1.54) is 16.8 Å². The van der Waals surface area contributed by atoms with E-state index in [9.17, 15) is 13.6 Å². The maximum Gasteiger partial charge on any atom is 0.272 e. The first-order valence-corrected chi connectivity index (χ1v) is 8.51. The van der Waals surface area contributed by atoms with E-state index in [1.807, 2.05) is 0 Å². The van der Waals surface area contributed by atoms with Crippen molar-refractivity contribution in [1.82, 2.24) is 15.1 Å². The minimum Gasteiger partial charge on any atom is -0.348 e. The van der Waals surface area contributed by atoms with Crippen LogP contribution in [0.1, 0.15) is 65.7 Å². The molecule has 4 nitrogen and oxygen atoms in total. The van der Waals surface area contributed by atoms with E-state index in [0.717, 1.165) is 49.4 Å². The molecule has 0 radical (unpaired) electrons. The fourth-order valence-corrected chi connectivity index (χ4v) is 4.22. The number of rotatable bonds is 3. The molecule has 2 bridgehead atoms. The van der Waals surface area contributed by atoms with Crippen LogP contribution in [0.4, 0.5) is 8.78 Å². The zero-order valence-electron chi connectivity index (χ0n) is 13.1. The summed E-state index contributed by atoms with van der Waals surface area (Å²) in [7, 11) is 0. The Labute approximate surface area is 137 Å². The summed E-state index contributed by atoms with van der Waals surface area (Å²) >= 11 is 0. The zero-order chi connectivity index (χ0) is 16.4. The SMILES string of the molecule is O=C(NC1CC1)c1nn(-c2ccc(F)cc2F)c2c1C1CCC2C1. The van der Waals surface area contributed by atoms with E-state index in [0.29, 0.717) is 17.5 Å². The summed E-state index contributed by atoms with van der Waals surface area (Å²) in [6.45, 7) is 0. The van der Waals surface area contributed by atoms with Crippen LogP contribution >= 0.6 is 0 Å². The van der Waals surface area contributed by atoms with Gasteiger partial charge in [0.1, 0.15) is 11.5 Å². The van der Waals surface area contributed by atoms with Crippen LogP contribution in [0.2, 0.25) is 0 Å². The van der Waals surface area contributed by atoms with Gasteiger partial charge in [-0.2, -0.15) is 5.10 Å². The molecule has 3 aliphatic carbocycles. The van der Waals surface area contributed by atoms with Gasteiger partial charge >= 0.3 is 0 Å². The van der Waals surface area contributed by atoms with Gasteiger partial charge < -0.3 is 5.32 Å². The molecule has 0 saturated heterocycles. The molecule has 1 amide bonds. The molecule has 1 aromatic heterocycles. The van der Waals surface area contributed by atoms with Crippen molar-refractivity contribution in [1.29, 1.82) is 0 Å². The normalized spacial score (nSPS) is 24.2. The van der Waals surface area contributed by atoms with E-state index < -0.39 is 11.6 Å². The molecule has 1 heterocycles. The summed E-state index contributed by atoms with van der Waals surface area (Å²) < 4.78 is 29.1. The van der Waals surface area contributed by atoms with Crippen molar-refractivity contribution < 1.29 is 13.6 Å². The lowest BCUT2D eigenvalue weighted by Gasteiger charge is -2.14. The van der Waals surface area contributed by atoms with Crippen molar-refractivity contribution in [2.45, 2.75) is 50.0 Å². The summed E-state index contributed by atoms with van der Waals surface area (Å²) in [5.41, 5.74) is 2.56. The number of nitrogens with one attached hydrogen (secondary N) is 1. The highest BCUT2D eigenvalue weighted by atomic mass is 19.1. The summed E-state index contributed by atoms with van der Waals surface area (Å²) in [6, 6.07) is 3.73. The number of carbonyl (C=O) groups excluding carboxylic acids is 1. The lowest BCUT2D eigenvalue weighted by atomic mass is 9.95. The van der Waals surface area contributed by atoms with Gasteiger partial charge in [0.2, 0.25) is 0 Å².